The van der Waals surface area contributed by atoms with Crippen LogP contribution in [0.1, 0.15) is 0 Å². The maximum absolute atomic E-state index is 11.6. The fourth-order valence-electron chi connectivity index (χ4n) is 2.71. The molecule has 146 valence electrons. The molecule has 9 nitrogen and oxygen atoms in total. The third-order valence-corrected chi connectivity index (χ3v) is 6.82. The van der Waals surface area contributed by atoms with Crippen LogP contribution in [0.5, 0.6) is 11.5 Å². The quantitative estimate of drug-likeness (QED) is 0.405. The van der Waals surface area contributed by atoms with Crippen LogP contribution in [-0.2, 0) is 4.84 Å². The van der Waals surface area contributed by atoms with Crippen molar-refractivity contribution in [1.82, 2.24) is 19.7 Å². The second-order valence-corrected chi connectivity index (χ2v) is 8.83. The molecule has 3 aromatic heterocycles. The number of benzene rings is 1. The molecule has 0 saturated heterocycles. The highest BCUT2D eigenvalue weighted by molar-refractivity contribution is 8.01. The SMILES string of the molecule is CO[N+](=O)c1cnc(Sc2nnc(-c3cccs3)n2-c2ccc3c(c2)OCO3)s1. The number of ether oxygens (including phenoxy) is 2. The van der Waals surface area contributed by atoms with Gasteiger partial charge in [-0.3, -0.25) is 4.57 Å². The van der Waals surface area contributed by atoms with Gasteiger partial charge in [-0.2, -0.15) is 0 Å². The van der Waals surface area contributed by atoms with Gasteiger partial charge in [0.05, 0.1) is 15.5 Å². The monoisotopic (exact) mass is 446 g/mol. The second kappa shape index (κ2) is 7.46. The summed E-state index contributed by atoms with van der Waals surface area (Å²) in [4.78, 5) is 22.0. The van der Waals surface area contributed by atoms with Crippen molar-refractivity contribution in [3.8, 4) is 27.9 Å². The van der Waals surface area contributed by atoms with E-state index in [-0.39, 0.29) is 6.79 Å². The molecule has 12 heteroatoms. The topological polar surface area (TPSA) is 91.4 Å². The number of hydrogen-bond acceptors (Lipinski definition) is 10. The van der Waals surface area contributed by atoms with Gasteiger partial charge in [0.1, 0.15) is 6.20 Å². The molecule has 0 spiro atoms. The van der Waals surface area contributed by atoms with E-state index in [0.717, 1.165) is 10.6 Å². The van der Waals surface area contributed by atoms with Crippen molar-refractivity contribution in [2.45, 2.75) is 9.50 Å². The summed E-state index contributed by atoms with van der Waals surface area (Å²) in [7, 11) is 1.31. The van der Waals surface area contributed by atoms with Crippen LogP contribution in [0.15, 0.2) is 51.4 Å². The zero-order chi connectivity index (χ0) is 19.8. The predicted molar refractivity (Wildman–Crippen MR) is 107 cm³/mol. The van der Waals surface area contributed by atoms with E-state index in [9.17, 15) is 4.91 Å². The fourth-order valence-corrected chi connectivity index (χ4v) is 5.22. The maximum atomic E-state index is 11.6. The first-order chi connectivity index (χ1) is 14.2. The Labute approximate surface area is 176 Å². The van der Waals surface area contributed by atoms with Crippen LogP contribution in [0.3, 0.4) is 0 Å². The molecule has 0 radical (unpaired) electrons. The molecular formula is C17H12N5O4S3+. The number of fused-ring (bicyclic) bond motifs is 1. The Bertz CT molecular complexity index is 1190. The Morgan fingerprint density at radius 1 is 1.24 bits per heavy atom. The van der Waals surface area contributed by atoms with Crippen molar-refractivity contribution in [3.05, 3.63) is 46.8 Å². The highest BCUT2D eigenvalue weighted by Crippen LogP contribution is 2.39. The highest BCUT2D eigenvalue weighted by atomic mass is 32.2. The van der Waals surface area contributed by atoms with Gasteiger partial charge in [-0.25, -0.2) is 9.82 Å². The van der Waals surface area contributed by atoms with E-state index in [0.29, 0.717) is 36.7 Å². The average molecular weight is 447 g/mol. The third-order valence-electron chi connectivity index (χ3n) is 3.99. The van der Waals surface area contributed by atoms with Crippen LogP contribution in [-0.4, -0.2) is 38.6 Å². The summed E-state index contributed by atoms with van der Waals surface area (Å²) in [6, 6.07) is 9.63. The molecule has 0 amide bonds. The fraction of sp³-hybridized carbons (Fsp3) is 0.118. The molecule has 29 heavy (non-hydrogen) atoms. The molecule has 1 aliphatic rings. The van der Waals surface area contributed by atoms with Gasteiger partial charge in [0.2, 0.25) is 11.9 Å². The van der Waals surface area contributed by atoms with Crippen LogP contribution < -0.4 is 9.47 Å². The van der Waals surface area contributed by atoms with Crippen LogP contribution in [0.4, 0.5) is 5.00 Å². The summed E-state index contributed by atoms with van der Waals surface area (Å²) in [5, 5.41) is 11.7. The molecule has 0 saturated carbocycles. The van der Waals surface area contributed by atoms with Crippen molar-refractivity contribution in [1.29, 1.82) is 0 Å². The highest BCUT2D eigenvalue weighted by Gasteiger charge is 2.24. The third kappa shape index (κ3) is 3.34. The number of thiazole rings is 1. The molecule has 0 N–H and O–H groups in total. The molecule has 4 aromatic rings. The Morgan fingerprint density at radius 2 is 2.14 bits per heavy atom. The summed E-state index contributed by atoms with van der Waals surface area (Å²) < 4.78 is 13.5. The van der Waals surface area contributed by atoms with Crippen LogP contribution in [0.2, 0.25) is 0 Å². The Balaban J connectivity index is 1.57. The minimum absolute atomic E-state index is 0.202. The molecule has 0 bridgehead atoms. The molecule has 0 atom stereocenters. The first-order valence-electron chi connectivity index (χ1n) is 8.27. The molecular weight excluding hydrogens is 434 g/mol. The maximum Gasteiger partial charge on any atom is 0.392 e. The minimum Gasteiger partial charge on any atom is -0.454 e. The van der Waals surface area contributed by atoms with Crippen molar-refractivity contribution < 1.29 is 19.2 Å². The Hall–Kier alpha value is -2.96. The van der Waals surface area contributed by atoms with E-state index in [4.69, 9.17) is 9.47 Å². The Morgan fingerprint density at radius 3 is 2.97 bits per heavy atom. The lowest BCUT2D eigenvalue weighted by molar-refractivity contribution is -0.734. The van der Waals surface area contributed by atoms with Crippen molar-refractivity contribution in [2.75, 3.05) is 13.9 Å². The van der Waals surface area contributed by atoms with Gasteiger partial charge in [0, 0.05) is 6.07 Å². The molecule has 5 rings (SSSR count). The van der Waals surface area contributed by atoms with Gasteiger partial charge < -0.3 is 9.47 Å². The summed E-state index contributed by atoms with van der Waals surface area (Å²) >= 11 is 4.10. The van der Waals surface area contributed by atoms with Crippen molar-refractivity contribution >= 4 is 39.4 Å². The zero-order valence-corrected chi connectivity index (χ0v) is 17.3. The van der Waals surface area contributed by atoms with E-state index < -0.39 is 0 Å². The first-order valence-corrected chi connectivity index (χ1v) is 10.8. The van der Waals surface area contributed by atoms with E-state index in [1.807, 2.05) is 40.3 Å². The largest absolute Gasteiger partial charge is 0.454 e. The van der Waals surface area contributed by atoms with Crippen LogP contribution >= 0.6 is 34.4 Å². The minimum atomic E-state index is 0.202. The van der Waals surface area contributed by atoms with Gasteiger partial charge in [-0.1, -0.05) is 6.07 Å². The number of hydrogen-bond donors (Lipinski definition) is 0. The lowest BCUT2D eigenvalue weighted by atomic mass is 10.2. The predicted octanol–water partition coefficient (Wildman–Crippen LogP) is 4.30. The van der Waals surface area contributed by atoms with Crippen LogP contribution in [0, 0.1) is 4.91 Å². The molecule has 1 aromatic carbocycles. The number of rotatable bonds is 6. The molecule has 0 fully saturated rings. The lowest BCUT2D eigenvalue weighted by Gasteiger charge is -2.09. The van der Waals surface area contributed by atoms with Crippen LogP contribution in [0.25, 0.3) is 16.4 Å². The molecule has 1 aliphatic heterocycles. The smallest absolute Gasteiger partial charge is 0.392 e. The molecule has 4 heterocycles. The number of thiophene rings is 1. The standard InChI is InChI=1S/C17H12N5O4S3/c1-24-22(23)14-8-18-17(28-14)29-16-20-19-15(13-3-2-6-27-13)21(16)10-4-5-11-12(7-10)26-9-25-11/h2-8H,9H2,1H3/q+1. The van der Waals surface area contributed by atoms with Gasteiger partial charge in [-0.05, 0) is 46.7 Å². The number of nitrogens with zero attached hydrogens (tertiary/aromatic N) is 5. The first kappa shape index (κ1) is 18.1. The van der Waals surface area contributed by atoms with Crippen molar-refractivity contribution in [2.24, 2.45) is 0 Å². The normalized spacial score (nSPS) is 12.3. The summed E-state index contributed by atoms with van der Waals surface area (Å²) in [5.74, 6) is 2.08. The average Bonchev–Trinajstić information content (AvgIpc) is 3.53. The van der Waals surface area contributed by atoms with E-state index >= 15 is 0 Å². The second-order valence-electron chi connectivity index (χ2n) is 5.66. The van der Waals surface area contributed by atoms with E-state index in [2.05, 4.69) is 20.0 Å². The number of aromatic nitrogens is 4. The summed E-state index contributed by atoms with van der Waals surface area (Å²) in [6.07, 6.45) is 1.46. The van der Waals surface area contributed by atoms with E-state index in [1.54, 1.807) is 11.3 Å². The molecule has 0 aliphatic carbocycles. The summed E-state index contributed by atoms with van der Waals surface area (Å²) in [5.41, 5.74) is 0.837. The summed E-state index contributed by atoms with van der Waals surface area (Å²) in [6.45, 7) is 0.202. The van der Waals surface area contributed by atoms with Gasteiger partial charge in [0.25, 0.3) is 4.92 Å². The zero-order valence-electron chi connectivity index (χ0n) is 14.8. The van der Waals surface area contributed by atoms with Gasteiger partial charge >= 0.3 is 5.00 Å². The van der Waals surface area contributed by atoms with Crippen molar-refractivity contribution in [3.63, 3.8) is 0 Å². The Kier molecular flexibility index (Phi) is 4.66. The molecule has 0 unspecified atom stereocenters. The van der Waals surface area contributed by atoms with E-state index in [1.165, 1.54) is 36.4 Å². The lowest BCUT2D eigenvalue weighted by Crippen LogP contribution is -1.99. The van der Waals surface area contributed by atoms with Gasteiger partial charge in [0.15, 0.2) is 28.8 Å². The van der Waals surface area contributed by atoms with Gasteiger partial charge in [-0.15, -0.1) is 21.5 Å².